The number of halogens is 2. The second kappa shape index (κ2) is 15.4. The van der Waals surface area contributed by atoms with Crippen LogP contribution in [0.1, 0.15) is 22.9 Å². The number of aliphatic hydroxyl groups excluding tert-OH is 2. The molecule has 12 nitrogen and oxygen atoms in total. The molecule has 0 amide bonds. The smallest absolute Gasteiger partial charge is 0.188 e. The molecule has 1 unspecified atom stereocenters. The van der Waals surface area contributed by atoms with Crippen LogP contribution in [-0.4, -0.2) is 88.1 Å². The van der Waals surface area contributed by atoms with Gasteiger partial charge in [0.1, 0.15) is 30.0 Å². The quantitative estimate of drug-likeness (QED) is 0.210. The number of amidine groups is 1. The summed E-state index contributed by atoms with van der Waals surface area (Å²) >= 11 is 6.37. The van der Waals surface area contributed by atoms with E-state index in [4.69, 9.17) is 35.9 Å². The van der Waals surface area contributed by atoms with E-state index in [9.17, 15) is 14.3 Å². The summed E-state index contributed by atoms with van der Waals surface area (Å²) in [6, 6.07) is 6.43. The van der Waals surface area contributed by atoms with Crippen molar-refractivity contribution in [3.8, 4) is 0 Å². The van der Waals surface area contributed by atoms with Gasteiger partial charge < -0.3 is 29.7 Å². The Morgan fingerprint density at radius 1 is 1.05 bits per heavy atom. The highest BCUT2D eigenvalue weighted by atomic mass is 35.5. The lowest BCUT2D eigenvalue weighted by molar-refractivity contribution is -0.118. The average Bonchev–Trinajstić information content (AvgIpc) is 3.44. The van der Waals surface area contributed by atoms with Crippen molar-refractivity contribution in [2.45, 2.75) is 19.2 Å². The molecule has 0 saturated heterocycles. The van der Waals surface area contributed by atoms with Crippen LogP contribution in [-0.2, 0) is 32.2 Å². The number of hydrogen-bond acceptors (Lipinski definition) is 11. The molecule has 3 aromatic rings. The van der Waals surface area contributed by atoms with Gasteiger partial charge in [-0.2, -0.15) is 0 Å². The van der Waals surface area contributed by atoms with E-state index in [1.807, 2.05) is 0 Å². The van der Waals surface area contributed by atoms with Crippen molar-refractivity contribution in [1.82, 2.24) is 25.3 Å². The summed E-state index contributed by atoms with van der Waals surface area (Å²) in [4.78, 5) is 21.7. The van der Waals surface area contributed by atoms with E-state index >= 15 is 0 Å². The van der Waals surface area contributed by atoms with Gasteiger partial charge in [0.25, 0.3) is 0 Å². The molecule has 1 aliphatic heterocycles. The van der Waals surface area contributed by atoms with Crippen LogP contribution in [0.2, 0.25) is 5.02 Å². The molecule has 0 radical (unpaired) electrons. The number of ketones is 1. The van der Waals surface area contributed by atoms with E-state index in [0.29, 0.717) is 54.7 Å². The fourth-order valence-electron chi connectivity index (χ4n) is 4.04. The Balaban J connectivity index is 1.47. The Kier molecular flexibility index (Phi) is 11.4. The summed E-state index contributed by atoms with van der Waals surface area (Å²) < 4.78 is 31.9. The summed E-state index contributed by atoms with van der Waals surface area (Å²) in [5.41, 5.74) is 2.19. The van der Waals surface area contributed by atoms with Crippen LogP contribution in [0.4, 0.5) is 4.39 Å². The first-order valence-corrected chi connectivity index (χ1v) is 13.2. The van der Waals surface area contributed by atoms with Crippen molar-refractivity contribution in [3.63, 3.8) is 0 Å². The van der Waals surface area contributed by atoms with Crippen LogP contribution < -0.4 is 5.32 Å². The third-order valence-electron chi connectivity index (χ3n) is 5.94. The number of carbonyl (C=O) groups excluding carboxylic acids is 1. The van der Waals surface area contributed by atoms with E-state index in [1.54, 1.807) is 35.4 Å². The minimum atomic E-state index is -0.916. The average molecular weight is 589 g/mol. The summed E-state index contributed by atoms with van der Waals surface area (Å²) in [6.07, 6.45) is 4.93. The molecule has 0 saturated carbocycles. The molecule has 4 rings (SSSR count). The molecule has 14 heteroatoms. The van der Waals surface area contributed by atoms with Crippen molar-refractivity contribution < 1.29 is 33.6 Å². The topological polar surface area (TPSA) is 153 Å². The van der Waals surface area contributed by atoms with E-state index < -0.39 is 24.2 Å². The summed E-state index contributed by atoms with van der Waals surface area (Å²) in [5.74, 6) is -0.675. The fourth-order valence-corrected chi connectivity index (χ4v) is 4.31. The summed E-state index contributed by atoms with van der Waals surface area (Å²) in [6.45, 7) is 1.19. The number of rotatable bonds is 16. The zero-order chi connectivity index (χ0) is 29.0. The normalized spacial score (nSPS) is 15.1. The number of hydrogen-bond donors (Lipinski definition) is 3. The van der Waals surface area contributed by atoms with E-state index in [-0.39, 0.29) is 37.0 Å². The lowest BCUT2D eigenvalue weighted by atomic mass is 9.92. The standard InChI is InChI=1S/C27H30ClFN6O6/c28-22-13-19(29)1-2-21(22)26-25(24(38)15-37)23(31-27(32-26)18-3-5-30-6-4-18)17-41-16-20-14-35(34-33-20)7-9-39-11-12-40-10-8-36/h1-6,13-14,26,36-37H,7-12,15-17H2,(H,31,32). The molecule has 41 heavy (non-hydrogen) atoms. The molecule has 0 bridgehead atoms. The van der Waals surface area contributed by atoms with Crippen LogP contribution in [0, 0.1) is 5.82 Å². The molecule has 218 valence electrons. The first-order valence-electron chi connectivity index (χ1n) is 12.8. The van der Waals surface area contributed by atoms with Gasteiger partial charge in [-0.05, 0) is 24.3 Å². The Morgan fingerprint density at radius 2 is 1.83 bits per heavy atom. The van der Waals surface area contributed by atoms with Gasteiger partial charge in [-0.3, -0.25) is 14.8 Å². The molecule has 1 aliphatic rings. The van der Waals surface area contributed by atoms with Crippen molar-refractivity contribution in [3.05, 3.63) is 87.9 Å². The van der Waals surface area contributed by atoms with Crippen LogP contribution in [0.15, 0.2) is 65.2 Å². The molecule has 2 aromatic heterocycles. The maximum atomic E-state index is 13.8. The lowest BCUT2D eigenvalue weighted by Crippen LogP contribution is -2.36. The maximum absolute atomic E-state index is 13.8. The van der Waals surface area contributed by atoms with Gasteiger partial charge >= 0.3 is 0 Å². The van der Waals surface area contributed by atoms with Crippen LogP contribution in [0.5, 0.6) is 0 Å². The number of pyridine rings is 1. The Labute approximate surface area is 240 Å². The Bertz CT molecular complexity index is 1370. The van der Waals surface area contributed by atoms with Gasteiger partial charge in [-0.15, -0.1) is 5.10 Å². The Morgan fingerprint density at radius 3 is 2.56 bits per heavy atom. The lowest BCUT2D eigenvalue weighted by Gasteiger charge is -2.28. The number of aliphatic imine (C=N–C) groups is 1. The molecule has 0 fully saturated rings. The highest BCUT2D eigenvalue weighted by Crippen LogP contribution is 2.36. The number of nitrogens with zero attached hydrogens (tertiary/aromatic N) is 5. The number of Topliss-reactive ketones (excluding diaryl/α,β-unsaturated/α-hetero) is 1. The van der Waals surface area contributed by atoms with Gasteiger partial charge in [0.2, 0.25) is 0 Å². The highest BCUT2D eigenvalue weighted by molar-refractivity contribution is 6.31. The van der Waals surface area contributed by atoms with E-state index in [0.717, 1.165) is 6.07 Å². The second-order valence-corrected chi connectivity index (χ2v) is 9.20. The summed E-state index contributed by atoms with van der Waals surface area (Å²) in [5, 5.41) is 29.9. The predicted octanol–water partition coefficient (Wildman–Crippen LogP) is 1.61. The third-order valence-corrected chi connectivity index (χ3v) is 6.26. The van der Waals surface area contributed by atoms with Crippen molar-refractivity contribution in [2.75, 3.05) is 46.2 Å². The van der Waals surface area contributed by atoms with Gasteiger partial charge in [0, 0.05) is 34.1 Å². The number of benzene rings is 1. The van der Waals surface area contributed by atoms with Gasteiger partial charge in [0.05, 0.1) is 64.7 Å². The molecular weight excluding hydrogens is 559 g/mol. The monoisotopic (exact) mass is 588 g/mol. The highest BCUT2D eigenvalue weighted by Gasteiger charge is 2.32. The minimum absolute atomic E-state index is 0.0289. The zero-order valence-electron chi connectivity index (χ0n) is 22.1. The van der Waals surface area contributed by atoms with Gasteiger partial charge in [-0.25, -0.2) is 9.07 Å². The molecule has 1 atom stereocenters. The van der Waals surface area contributed by atoms with Crippen molar-refractivity contribution in [1.29, 1.82) is 0 Å². The molecule has 1 aromatic carbocycles. The molecule has 0 aliphatic carbocycles. The van der Waals surface area contributed by atoms with Crippen LogP contribution in [0.25, 0.3) is 0 Å². The number of aliphatic hydroxyl groups is 2. The van der Waals surface area contributed by atoms with Crippen LogP contribution >= 0.6 is 11.6 Å². The third kappa shape index (κ3) is 8.45. The van der Waals surface area contributed by atoms with Crippen LogP contribution in [0.3, 0.4) is 0 Å². The number of carbonyl (C=O) groups is 1. The fraction of sp³-hybridized carbons (Fsp3) is 0.370. The van der Waals surface area contributed by atoms with E-state index in [2.05, 4.69) is 20.6 Å². The maximum Gasteiger partial charge on any atom is 0.188 e. The largest absolute Gasteiger partial charge is 0.394 e. The minimum Gasteiger partial charge on any atom is -0.394 e. The van der Waals surface area contributed by atoms with Gasteiger partial charge in [-0.1, -0.05) is 22.9 Å². The number of aromatic nitrogens is 4. The Hall–Kier alpha value is -3.59. The summed E-state index contributed by atoms with van der Waals surface area (Å²) in [7, 11) is 0. The molecule has 0 spiro atoms. The predicted molar refractivity (Wildman–Crippen MR) is 146 cm³/mol. The molecule has 3 heterocycles. The zero-order valence-corrected chi connectivity index (χ0v) is 22.8. The van der Waals surface area contributed by atoms with Gasteiger partial charge in [0.15, 0.2) is 5.78 Å². The first kappa shape index (κ1) is 30.4. The molecular formula is C27H30ClFN6O6. The second-order valence-electron chi connectivity index (χ2n) is 8.79. The number of ether oxygens (including phenoxy) is 3. The van der Waals surface area contributed by atoms with Crippen molar-refractivity contribution in [2.24, 2.45) is 4.99 Å². The first-order chi connectivity index (χ1) is 20.0. The van der Waals surface area contributed by atoms with E-state index in [1.165, 1.54) is 12.1 Å². The molecule has 3 N–H and O–H groups in total. The SMILES string of the molecule is O=C(CO)C1=C(COCc2cn(CCOCCOCCO)nn2)NC(c2ccncc2)=NC1c1ccc(F)cc1Cl. The van der Waals surface area contributed by atoms with Crippen molar-refractivity contribution >= 4 is 23.2 Å². The number of nitrogens with one attached hydrogen (secondary N) is 1.